The first-order valence-electron chi connectivity index (χ1n) is 11.4. The molecule has 2 aromatic heterocycles. The van der Waals surface area contributed by atoms with Gasteiger partial charge in [-0.2, -0.15) is 4.98 Å². The van der Waals surface area contributed by atoms with E-state index in [1.54, 1.807) is 14.0 Å². The van der Waals surface area contributed by atoms with Crippen molar-refractivity contribution in [3.8, 4) is 11.5 Å². The zero-order chi connectivity index (χ0) is 24.5. The minimum absolute atomic E-state index is 0.169. The van der Waals surface area contributed by atoms with Crippen LogP contribution in [0.25, 0.3) is 11.2 Å². The third-order valence-corrected chi connectivity index (χ3v) is 5.94. The summed E-state index contributed by atoms with van der Waals surface area (Å²) in [5.74, 6) is 1.39. The van der Waals surface area contributed by atoms with Gasteiger partial charge >= 0.3 is 11.7 Å². The number of carbonyl (C=O) groups excluding carboxylic acids is 1. The number of fused-ring (bicyclic) bond motifs is 3. The van der Waals surface area contributed by atoms with E-state index >= 15 is 0 Å². The highest BCUT2D eigenvalue weighted by Gasteiger charge is 2.27. The van der Waals surface area contributed by atoms with Crippen molar-refractivity contribution in [2.75, 3.05) is 18.1 Å². The number of hydrogen-bond donors (Lipinski definition) is 0. The highest BCUT2D eigenvalue weighted by atomic mass is 16.5. The molecule has 0 spiro atoms. The van der Waals surface area contributed by atoms with Crippen LogP contribution in [0.3, 0.4) is 0 Å². The molecule has 10 heteroatoms. The molecule has 0 aliphatic carbocycles. The maximum absolute atomic E-state index is 13.3. The van der Waals surface area contributed by atoms with Crippen molar-refractivity contribution in [3.05, 3.63) is 75.4 Å². The van der Waals surface area contributed by atoms with E-state index < -0.39 is 23.8 Å². The molecule has 1 aliphatic rings. The Morgan fingerprint density at radius 2 is 1.71 bits per heavy atom. The highest BCUT2D eigenvalue weighted by molar-refractivity contribution is 5.77. The van der Waals surface area contributed by atoms with E-state index in [9.17, 15) is 14.4 Å². The van der Waals surface area contributed by atoms with Crippen LogP contribution in [0.1, 0.15) is 13.3 Å². The predicted octanol–water partition coefficient (Wildman–Crippen LogP) is 2.79. The van der Waals surface area contributed by atoms with E-state index in [0.29, 0.717) is 30.3 Å². The number of esters is 1. The summed E-state index contributed by atoms with van der Waals surface area (Å²) in [6.45, 7) is 2.67. The lowest BCUT2D eigenvalue weighted by Crippen LogP contribution is -2.41. The second-order valence-corrected chi connectivity index (χ2v) is 8.19. The quantitative estimate of drug-likeness (QED) is 0.395. The first kappa shape index (κ1) is 22.5. The minimum atomic E-state index is -0.635. The molecule has 1 aliphatic heterocycles. The van der Waals surface area contributed by atoms with E-state index in [1.807, 2.05) is 64.1 Å². The molecule has 2 aromatic carbocycles. The number of imidazole rings is 1. The summed E-state index contributed by atoms with van der Waals surface area (Å²) in [6, 6.07) is 17.2. The van der Waals surface area contributed by atoms with Gasteiger partial charge in [-0.3, -0.25) is 14.2 Å². The van der Waals surface area contributed by atoms with Gasteiger partial charge in [0, 0.05) is 25.8 Å². The molecular formula is C25H25N5O5. The zero-order valence-electron chi connectivity index (χ0n) is 19.5. The average molecular weight is 476 g/mol. The Labute approximate surface area is 200 Å². The Morgan fingerprint density at radius 3 is 2.43 bits per heavy atom. The maximum Gasteiger partial charge on any atom is 0.333 e. The Morgan fingerprint density at radius 1 is 1.00 bits per heavy atom. The van der Waals surface area contributed by atoms with Crippen LogP contribution in [-0.2, 0) is 29.7 Å². The predicted molar refractivity (Wildman–Crippen MR) is 130 cm³/mol. The molecule has 3 heterocycles. The fourth-order valence-corrected chi connectivity index (χ4v) is 4.30. The first-order valence-corrected chi connectivity index (χ1v) is 11.4. The van der Waals surface area contributed by atoms with Crippen LogP contribution in [0, 0.1) is 0 Å². The summed E-state index contributed by atoms with van der Waals surface area (Å²) < 4.78 is 14.8. The Bertz CT molecular complexity index is 1500. The molecule has 0 saturated carbocycles. The van der Waals surface area contributed by atoms with Crippen LogP contribution in [-0.4, -0.2) is 37.8 Å². The van der Waals surface area contributed by atoms with Gasteiger partial charge in [-0.1, -0.05) is 18.2 Å². The lowest BCUT2D eigenvalue weighted by atomic mass is 10.2. The van der Waals surface area contributed by atoms with Crippen LogP contribution in [0.5, 0.6) is 11.5 Å². The average Bonchev–Trinajstić information content (AvgIpc) is 3.27. The molecule has 0 unspecified atom stereocenters. The van der Waals surface area contributed by atoms with Crippen LogP contribution in [0.2, 0.25) is 0 Å². The molecule has 0 N–H and O–H groups in total. The first-order chi connectivity index (χ1) is 17.0. The molecule has 180 valence electrons. The number of benzene rings is 2. The van der Waals surface area contributed by atoms with Gasteiger partial charge < -0.3 is 18.9 Å². The second-order valence-electron chi connectivity index (χ2n) is 8.19. The molecule has 5 rings (SSSR count). The Hall–Kier alpha value is -4.34. The Balaban J connectivity index is 1.53. The van der Waals surface area contributed by atoms with Crippen molar-refractivity contribution < 1.29 is 14.3 Å². The van der Waals surface area contributed by atoms with Gasteiger partial charge in [0.1, 0.15) is 18.0 Å². The number of aryl methyl sites for hydroxylation is 2. The van der Waals surface area contributed by atoms with Crippen molar-refractivity contribution in [1.82, 2.24) is 18.7 Å². The van der Waals surface area contributed by atoms with E-state index in [-0.39, 0.29) is 12.3 Å². The van der Waals surface area contributed by atoms with Crippen molar-refractivity contribution in [1.29, 1.82) is 0 Å². The van der Waals surface area contributed by atoms with Gasteiger partial charge in [0.15, 0.2) is 11.2 Å². The summed E-state index contributed by atoms with van der Waals surface area (Å²) in [5.41, 5.74) is 0.299. The summed E-state index contributed by atoms with van der Waals surface area (Å²) in [7, 11) is 1.55. The van der Waals surface area contributed by atoms with Crippen molar-refractivity contribution in [2.24, 2.45) is 7.05 Å². The third-order valence-electron chi connectivity index (χ3n) is 5.94. The summed E-state index contributed by atoms with van der Waals surface area (Å²) in [4.78, 5) is 44.8. The van der Waals surface area contributed by atoms with Crippen LogP contribution < -0.4 is 20.9 Å². The van der Waals surface area contributed by atoms with E-state index in [0.717, 1.165) is 22.4 Å². The van der Waals surface area contributed by atoms with Gasteiger partial charge in [-0.25, -0.2) is 9.36 Å². The van der Waals surface area contributed by atoms with Crippen LogP contribution >= 0.6 is 0 Å². The van der Waals surface area contributed by atoms with Crippen LogP contribution in [0.4, 0.5) is 11.6 Å². The number of rotatable bonds is 6. The molecule has 4 aromatic rings. The van der Waals surface area contributed by atoms with Gasteiger partial charge in [0.25, 0.3) is 5.56 Å². The van der Waals surface area contributed by atoms with Crippen LogP contribution in [0.15, 0.2) is 64.2 Å². The number of ether oxygens (including phenoxy) is 2. The van der Waals surface area contributed by atoms with E-state index in [1.165, 1.54) is 4.57 Å². The smallest absolute Gasteiger partial charge is 0.333 e. The number of anilines is 2. The number of nitrogens with zero attached hydrogens (tertiary/aromatic N) is 5. The lowest BCUT2D eigenvalue weighted by Gasteiger charge is -2.29. The topological polar surface area (TPSA) is 101 Å². The maximum atomic E-state index is 13.3. The standard InChI is InChI=1S/C25H25N5O5/c1-3-34-20(31)16-30-23(32)21-22(27(2)25(30)33)26-24-28(14-7-15-29(21)24)17-10-12-19(13-11-17)35-18-8-5-4-6-9-18/h4-6,8-13H,3,7,14-16H2,1-2H3. The number of aromatic nitrogens is 4. The second kappa shape index (κ2) is 9.13. The van der Waals surface area contributed by atoms with Crippen molar-refractivity contribution >= 4 is 28.8 Å². The molecule has 35 heavy (non-hydrogen) atoms. The molecule has 10 nitrogen and oxygen atoms in total. The molecule has 0 bridgehead atoms. The van der Waals surface area contributed by atoms with Gasteiger partial charge in [0.2, 0.25) is 5.95 Å². The van der Waals surface area contributed by atoms with Crippen molar-refractivity contribution in [2.45, 2.75) is 26.4 Å². The zero-order valence-corrected chi connectivity index (χ0v) is 19.5. The molecule has 0 radical (unpaired) electrons. The van der Waals surface area contributed by atoms with Gasteiger partial charge in [-0.15, -0.1) is 0 Å². The number of carbonyl (C=O) groups is 1. The summed E-state index contributed by atoms with van der Waals surface area (Å²) in [6.07, 6.45) is 0.779. The lowest BCUT2D eigenvalue weighted by molar-refractivity contribution is -0.143. The van der Waals surface area contributed by atoms with Gasteiger partial charge in [-0.05, 0) is 49.7 Å². The molecular weight excluding hydrogens is 450 g/mol. The SMILES string of the molecule is CCOC(=O)Cn1c(=O)c2c(nc3n2CCCN3c2ccc(Oc3ccccc3)cc2)n(C)c1=O. The fourth-order valence-electron chi connectivity index (χ4n) is 4.30. The largest absolute Gasteiger partial charge is 0.465 e. The van der Waals surface area contributed by atoms with Gasteiger partial charge in [0.05, 0.1) is 6.61 Å². The summed E-state index contributed by atoms with van der Waals surface area (Å²) in [5, 5.41) is 0. The molecule has 0 atom stereocenters. The molecule has 0 fully saturated rings. The fraction of sp³-hybridized carbons (Fsp3) is 0.280. The Kier molecular flexibility index (Phi) is 5.86. The molecule has 0 amide bonds. The number of para-hydroxylation sites is 1. The van der Waals surface area contributed by atoms with E-state index in [2.05, 4.69) is 4.98 Å². The third kappa shape index (κ3) is 4.07. The monoisotopic (exact) mass is 475 g/mol. The minimum Gasteiger partial charge on any atom is -0.465 e. The number of hydrogen-bond acceptors (Lipinski definition) is 7. The normalized spacial score (nSPS) is 13.0. The molecule has 0 saturated heterocycles. The highest BCUT2D eigenvalue weighted by Crippen LogP contribution is 2.32. The summed E-state index contributed by atoms with van der Waals surface area (Å²) >= 11 is 0. The van der Waals surface area contributed by atoms with Crippen molar-refractivity contribution in [3.63, 3.8) is 0 Å². The van der Waals surface area contributed by atoms with E-state index in [4.69, 9.17) is 9.47 Å².